The molecule has 0 saturated carbocycles. The van der Waals surface area contributed by atoms with Crippen LogP contribution in [0.2, 0.25) is 0 Å². The Hall–Kier alpha value is -4.67. The third kappa shape index (κ3) is 5.33. The van der Waals surface area contributed by atoms with E-state index in [4.69, 9.17) is 4.98 Å². The maximum Gasteiger partial charge on any atom is 0.257 e. The van der Waals surface area contributed by atoms with E-state index >= 15 is 0 Å². The van der Waals surface area contributed by atoms with Gasteiger partial charge in [0.15, 0.2) is 17.3 Å². The van der Waals surface area contributed by atoms with Crippen molar-refractivity contribution in [3.05, 3.63) is 48.7 Å². The number of imidazole rings is 1. The van der Waals surface area contributed by atoms with Crippen LogP contribution in [0.1, 0.15) is 44.5 Å². The molecule has 0 spiro atoms. The number of ketones is 1. The minimum atomic E-state index is -0.110. The zero-order chi connectivity index (χ0) is 27.5. The molecule has 0 atom stereocenters. The second kappa shape index (κ2) is 11.0. The van der Waals surface area contributed by atoms with Gasteiger partial charge in [-0.05, 0) is 31.9 Å². The second-order valence-corrected chi connectivity index (χ2v) is 9.79. The molecule has 5 heterocycles. The predicted octanol–water partition coefficient (Wildman–Crippen LogP) is 4.47. The zero-order valence-electron chi connectivity index (χ0n) is 22.4. The first kappa shape index (κ1) is 26.0. The molecule has 11 nitrogen and oxygen atoms in total. The summed E-state index contributed by atoms with van der Waals surface area (Å²) in [6.07, 6.45) is 8.93. The van der Waals surface area contributed by atoms with E-state index in [0.717, 1.165) is 22.2 Å². The Kier molecular flexibility index (Phi) is 7.31. The summed E-state index contributed by atoms with van der Waals surface area (Å²) >= 11 is 0. The minimum absolute atomic E-state index is 0.110. The standard InChI is InChI=1S/C28H31N9O2/c1-5-37(6-2)28(39)22-14-30-15-23-24(22)34-27(33-23)25-21-9-18(11-32-26(21)36-35-25)17-8-19(12-29-10-17)31-13-20(38)7-16(3)4/h8-12,14-16,31H,5-7,13H2,1-4H3,(H,33,34)(H,32,35,36). The fourth-order valence-corrected chi connectivity index (χ4v) is 4.55. The number of aromatic amines is 2. The fraction of sp³-hybridized carbons (Fsp3) is 0.321. The molecule has 0 aromatic carbocycles. The molecule has 0 aliphatic heterocycles. The van der Waals surface area contributed by atoms with Gasteiger partial charge in [0.2, 0.25) is 0 Å². The Morgan fingerprint density at radius 3 is 2.54 bits per heavy atom. The highest BCUT2D eigenvalue weighted by Gasteiger charge is 2.21. The third-order valence-corrected chi connectivity index (χ3v) is 6.52. The number of hydrogen-bond acceptors (Lipinski definition) is 8. The number of fused-ring (bicyclic) bond motifs is 2. The Labute approximate surface area is 225 Å². The van der Waals surface area contributed by atoms with Crippen LogP contribution < -0.4 is 5.32 Å². The van der Waals surface area contributed by atoms with E-state index < -0.39 is 0 Å². The van der Waals surface area contributed by atoms with Crippen LogP contribution in [0, 0.1) is 5.92 Å². The molecular formula is C28H31N9O2. The van der Waals surface area contributed by atoms with Gasteiger partial charge in [-0.25, -0.2) is 9.97 Å². The molecule has 0 radical (unpaired) electrons. The molecule has 5 aromatic rings. The summed E-state index contributed by atoms with van der Waals surface area (Å²) in [5.41, 5.74) is 5.29. The molecule has 0 saturated heterocycles. The highest BCUT2D eigenvalue weighted by Crippen LogP contribution is 2.30. The lowest BCUT2D eigenvalue weighted by Gasteiger charge is -2.18. The van der Waals surface area contributed by atoms with Crippen molar-refractivity contribution in [3.63, 3.8) is 0 Å². The van der Waals surface area contributed by atoms with Crippen LogP contribution in [0.4, 0.5) is 5.69 Å². The highest BCUT2D eigenvalue weighted by atomic mass is 16.2. The Morgan fingerprint density at radius 1 is 1.00 bits per heavy atom. The van der Waals surface area contributed by atoms with Crippen LogP contribution >= 0.6 is 0 Å². The van der Waals surface area contributed by atoms with Crippen molar-refractivity contribution in [1.29, 1.82) is 0 Å². The maximum atomic E-state index is 13.1. The van der Waals surface area contributed by atoms with E-state index in [1.54, 1.807) is 35.9 Å². The molecule has 0 fully saturated rings. The number of nitrogens with one attached hydrogen (secondary N) is 3. The summed E-state index contributed by atoms with van der Waals surface area (Å²) in [5, 5.41) is 11.3. The molecule has 1 amide bonds. The number of amides is 1. The molecule has 39 heavy (non-hydrogen) atoms. The molecule has 0 bridgehead atoms. The molecule has 11 heteroatoms. The van der Waals surface area contributed by atoms with E-state index in [-0.39, 0.29) is 18.2 Å². The summed E-state index contributed by atoms with van der Waals surface area (Å²) in [4.78, 5) is 48.1. The van der Waals surface area contributed by atoms with Crippen LogP contribution in [-0.2, 0) is 4.79 Å². The summed E-state index contributed by atoms with van der Waals surface area (Å²) in [6.45, 7) is 9.40. The van der Waals surface area contributed by atoms with Crippen LogP contribution in [0.15, 0.2) is 43.1 Å². The monoisotopic (exact) mass is 525 g/mol. The number of carbonyl (C=O) groups is 2. The molecule has 0 aliphatic rings. The van der Waals surface area contributed by atoms with Gasteiger partial charge in [0.25, 0.3) is 5.91 Å². The highest BCUT2D eigenvalue weighted by molar-refractivity contribution is 6.05. The lowest BCUT2D eigenvalue weighted by Crippen LogP contribution is -2.30. The van der Waals surface area contributed by atoms with Gasteiger partial charge in [-0.15, -0.1) is 0 Å². The number of hydrogen-bond donors (Lipinski definition) is 3. The molecular weight excluding hydrogens is 494 g/mol. The van der Waals surface area contributed by atoms with Crippen molar-refractivity contribution >= 4 is 39.4 Å². The van der Waals surface area contributed by atoms with Gasteiger partial charge in [-0.3, -0.25) is 24.7 Å². The average molecular weight is 526 g/mol. The van der Waals surface area contributed by atoms with Gasteiger partial charge in [0.05, 0.1) is 34.9 Å². The number of aromatic nitrogens is 7. The quantitative estimate of drug-likeness (QED) is 0.242. The van der Waals surface area contributed by atoms with Crippen molar-refractivity contribution in [2.24, 2.45) is 5.92 Å². The van der Waals surface area contributed by atoms with Crippen molar-refractivity contribution in [3.8, 4) is 22.6 Å². The Balaban J connectivity index is 1.47. The molecule has 200 valence electrons. The lowest BCUT2D eigenvalue weighted by atomic mass is 10.1. The number of nitrogens with zero attached hydrogens (tertiary/aromatic N) is 6. The molecule has 0 aliphatic carbocycles. The summed E-state index contributed by atoms with van der Waals surface area (Å²) < 4.78 is 0. The number of Topliss-reactive ketones (excluding diaryl/α,β-unsaturated/α-hetero) is 1. The topological polar surface area (TPSA) is 145 Å². The SMILES string of the molecule is CCN(CC)C(=O)c1cncc2[nH]c(-c3[nH]nc4ncc(-c5cncc(NCC(=O)CC(C)C)c5)cc34)nc12. The molecule has 5 rings (SSSR count). The first-order valence-electron chi connectivity index (χ1n) is 13.1. The van der Waals surface area contributed by atoms with Crippen molar-refractivity contribution < 1.29 is 9.59 Å². The third-order valence-electron chi connectivity index (χ3n) is 6.52. The number of anilines is 1. The van der Waals surface area contributed by atoms with Gasteiger partial charge in [0, 0.05) is 55.4 Å². The summed E-state index contributed by atoms with van der Waals surface area (Å²) in [5.74, 6) is 0.902. The largest absolute Gasteiger partial charge is 0.377 e. The van der Waals surface area contributed by atoms with Crippen LogP contribution in [0.3, 0.4) is 0 Å². The van der Waals surface area contributed by atoms with Gasteiger partial charge >= 0.3 is 0 Å². The maximum absolute atomic E-state index is 13.1. The van der Waals surface area contributed by atoms with Crippen LogP contribution in [-0.4, -0.2) is 71.3 Å². The molecule has 5 aromatic heterocycles. The van der Waals surface area contributed by atoms with Gasteiger partial charge in [-0.1, -0.05) is 13.8 Å². The van der Waals surface area contributed by atoms with E-state index in [1.807, 2.05) is 39.8 Å². The van der Waals surface area contributed by atoms with Crippen molar-refractivity contribution in [2.75, 3.05) is 25.0 Å². The van der Waals surface area contributed by atoms with Crippen molar-refractivity contribution in [2.45, 2.75) is 34.1 Å². The predicted molar refractivity (Wildman–Crippen MR) is 150 cm³/mol. The summed E-state index contributed by atoms with van der Waals surface area (Å²) in [6, 6.07) is 3.91. The number of carbonyl (C=O) groups excluding carboxylic acids is 2. The first-order valence-corrected chi connectivity index (χ1v) is 13.1. The van der Waals surface area contributed by atoms with Crippen LogP contribution in [0.5, 0.6) is 0 Å². The average Bonchev–Trinajstić information content (AvgIpc) is 3.56. The second-order valence-electron chi connectivity index (χ2n) is 9.79. The molecule has 0 unspecified atom stereocenters. The lowest BCUT2D eigenvalue weighted by molar-refractivity contribution is -0.118. The van der Waals surface area contributed by atoms with Gasteiger partial charge in [0.1, 0.15) is 11.2 Å². The van der Waals surface area contributed by atoms with Crippen molar-refractivity contribution in [1.82, 2.24) is 40.0 Å². The number of H-pyrrole nitrogens is 2. The van der Waals surface area contributed by atoms with E-state index in [9.17, 15) is 9.59 Å². The number of pyridine rings is 3. The minimum Gasteiger partial charge on any atom is -0.377 e. The smallest absolute Gasteiger partial charge is 0.257 e. The fourth-order valence-electron chi connectivity index (χ4n) is 4.55. The van der Waals surface area contributed by atoms with Gasteiger partial charge < -0.3 is 15.2 Å². The summed E-state index contributed by atoms with van der Waals surface area (Å²) in [7, 11) is 0. The zero-order valence-corrected chi connectivity index (χ0v) is 22.4. The van der Waals surface area contributed by atoms with E-state index in [1.165, 1.54) is 0 Å². The van der Waals surface area contributed by atoms with Crippen LogP contribution in [0.25, 0.3) is 44.7 Å². The Bertz CT molecular complexity index is 1650. The Morgan fingerprint density at radius 2 is 1.77 bits per heavy atom. The molecule has 3 N–H and O–H groups in total. The van der Waals surface area contributed by atoms with Gasteiger partial charge in [-0.2, -0.15) is 5.10 Å². The number of rotatable bonds is 10. The van der Waals surface area contributed by atoms with E-state index in [2.05, 4.69) is 35.5 Å². The normalized spacial score (nSPS) is 11.4. The first-order chi connectivity index (χ1) is 18.9. The van der Waals surface area contributed by atoms with E-state index in [0.29, 0.717) is 59.2 Å².